The summed E-state index contributed by atoms with van der Waals surface area (Å²) in [5.41, 5.74) is 2.81. The molecule has 1 aliphatic rings. The number of para-hydroxylation sites is 1. The number of rotatable bonds is 6. The molecule has 1 saturated heterocycles. The Bertz CT molecular complexity index is 1050. The van der Waals surface area contributed by atoms with Gasteiger partial charge in [-0.25, -0.2) is 13.1 Å². The third kappa shape index (κ3) is 5.66. The molecule has 0 aliphatic carbocycles. The van der Waals surface area contributed by atoms with Crippen molar-refractivity contribution in [3.05, 3.63) is 59.2 Å². The van der Waals surface area contributed by atoms with Crippen molar-refractivity contribution in [1.82, 2.24) is 9.62 Å². The molecule has 0 unspecified atom stereocenters. The highest BCUT2D eigenvalue weighted by molar-refractivity contribution is 7.89. The van der Waals surface area contributed by atoms with Crippen molar-refractivity contribution in [1.29, 1.82) is 0 Å². The highest BCUT2D eigenvalue weighted by atomic mass is 32.2. The van der Waals surface area contributed by atoms with Crippen LogP contribution < -0.4 is 9.62 Å². The number of anilines is 1. The van der Waals surface area contributed by atoms with Crippen molar-refractivity contribution in [3.63, 3.8) is 0 Å². The number of nitrogens with one attached hydrogen (secondary N) is 1. The molecule has 0 saturated carbocycles. The second-order valence-electron chi connectivity index (χ2n) is 9.32. The van der Waals surface area contributed by atoms with Gasteiger partial charge in [-0.15, -0.1) is 0 Å². The lowest BCUT2D eigenvalue weighted by atomic mass is 10.1. The number of nitrogens with zero attached hydrogens (tertiary/aromatic N) is 2. The number of sulfonamides is 1. The van der Waals surface area contributed by atoms with E-state index >= 15 is 0 Å². The van der Waals surface area contributed by atoms with E-state index in [1.165, 1.54) is 24.6 Å². The van der Waals surface area contributed by atoms with Gasteiger partial charge in [0.15, 0.2) is 0 Å². The molecule has 0 atom stereocenters. The first kappa shape index (κ1) is 23.3. The van der Waals surface area contributed by atoms with E-state index < -0.39 is 15.6 Å². The highest BCUT2D eigenvalue weighted by Crippen LogP contribution is 2.26. The average Bonchev–Trinajstić information content (AvgIpc) is 3.20. The molecule has 6 nitrogen and oxygen atoms in total. The number of aryl methyl sites for hydroxylation is 1. The van der Waals surface area contributed by atoms with Gasteiger partial charge in [0.05, 0.1) is 4.90 Å². The normalized spacial score (nSPS) is 14.7. The molecule has 1 N–H and O–H groups in total. The van der Waals surface area contributed by atoms with Crippen LogP contribution in [0.15, 0.2) is 47.4 Å². The molecule has 31 heavy (non-hydrogen) atoms. The summed E-state index contributed by atoms with van der Waals surface area (Å²) < 4.78 is 28.1. The van der Waals surface area contributed by atoms with E-state index in [1.54, 1.807) is 44.9 Å². The molecule has 1 aliphatic heterocycles. The van der Waals surface area contributed by atoms with Crippen LogP contribution in [0.25, 0.3) is 0 Å². The Labute approximate surface area is 186 Å². The Morgan fingerprint density at radius 1 is 1.10 bits per heavy atom. The summed E-state index contributed by atoms with van der Waals surface area (Å²) in [5.74, 6) is -0.193. The molecule has 1 fully saturated rings. The third-order valence-corrected chi connectivity index (χ3v) is 7.14. The number of amides is 1. The smallest absolute Gasteiger partial charge is 0.254 e. The van der Waals surface area contributed by atoms with Crippen LogP contribution in [0, 0.1) is 6.92 Å². The maximum Gasteiger partial charge on any atom is 0.254 e. The minimum Gasteiger partial charge on any atom is -0.371 e. The Balaban J connectivity index is 1.85. The first-order valence-electron chi connectivity index (χ1n) is 10.7. The van der Waals surface area contributed by atoms with Crippen LogP contribution in [0.5, 0.6) is 0 Å². The Hall–Kier alpha value is -2.38. The fourth-order valence-corrected chi connectivity index (χ4v) is 5.35. The molecule has 1 heterocycles. The third-order valence-electron chi connectivity index (χ3n) is 5.38. The van der Waals surface area contributed by atoms with Crippen LogP contribution in [0.2, 0.25) is 0 Å². The molecule has 1 amide bonds. The quantitative estimate of drug-likeness (QED) is 0.734. The van der Waals surface area contributed by atoms with Crippen molar-refractivity contribution in [2.75, 3.05) is 25.0 Å². The SMILES string of the molecule is Cc1ccc(S(=O)(=O)NC(C)(C)C)cc1C(=O)N(C)Cc1ccccc1N1CCCC1. The molecule has 0 aromatic heterocycles. The highest BCUT2D eigenvalue weighted by Gasteiger charge is 2.25. The van der Waals surface area contributed by atoms with Gasteiger partial charge in [-0.1, -0.05) is 24.3 Å². The predicted molar refractivity (Wildman–Crippen MR) is 125 cm³/mol. The topological polar surface area (TPSA) is 69.7 Å². The minimum atomic E-state index is -3.72. The lowest BCUT2D eigenvalue weighted by Crippen LogP contribution is -2.40. The minimum absolute atomic E-state index is 0.0993. The number of hydrogen-bond donors (Lipinski definition) is 1. The maximum atomic E-state index is 13.3. The summed E-state index contributed by atoms with van der Waals surface area (Å²) in [6.45, 7) is 9.72. The van der Waals surface area contributed by atoms with Crippen LogP contribution in [0.3, 0.4) is 0 Å². The van der Waals surface area contributed by atoms with Gasteiger partial charge in [-0.3, -0.25) is 4.79 Å². The van der Waals surface area contributed by atoms with Crippen molar-refractivity contribution >= 4 is 21.6 Å². The van der Waals surface area contributed by atoms with Crippen molar-refractivity contribution in [2.24, 2.45) is 0 Å². The summed E-state index contributed by atoms with van der Waals surface area (Å²) in [7, 11) is -1.96. The van der Waals surface area contributed by atoms with Gasteiger partial charge in [-0.05, 0) is 69.9 Å². The number of hydrogen-bond acceptors (Lipinski definition) is 4. The molecule has 0 bridgehead atoms. The monoisotopic (exact) mass is 443 g/mol. The van der Waals surface area contributed by atoms with E-state index in [-0.39, 0.29) is 10.8 Å². The summed E-state index contributed by atoms with van der Waals surface area (Å²) in [4.78, 5) is 17.4. The standard InChI is InChI=1S/C24H33N3O3S/c1-18-12-13-20(31(29,30)25-24(2,3)4)16-21(18)23(28)26(5)17-19-10-6-7-11-22(19)27-14-8-9-15-27/h6-7,10-13,16,25H,8-9,14-15,17H2,1-5H3. The molecule has 2 aromatic carbocycles. The number of carbonyl (C=O) groups excluding carboxylic acids is 1. The van der Waals surface area contributed by atoms with E-state index in [0.717, 1.165) is 24.2 Å². The summed E-state index contributed by atoms with van der Waals surface area (Å²) in [6, 6.07) is 12.9. The Morgan fingerprint density at radius 2 is 1.74 bits per heavy atom. The van der Waals surface area contributed by atoms with Gasteiger partial charge in [-0.2, -0.15) is 0 Å². The molecular formula is C24H33N3O3S. The van der Waals surface area contributed by atoms with Gasteiger partial charge in [0.2, 0.25) is 10.0 Å². The lowest BCUT2D eigenvalue weighted by Gasteiger charge is -2.25. The van der Waals surface area contributed by atoms with Crippen LogP contribution in [-0.4, -0.2) is 44.9 Å². The van der Waals surface area contributed by atoms with E-state index in [9.17, 15) is 13.2 Å². The summed E-state index contributed by atoms with van der Waals surface area (Å²) >= 11 is 0. The Kier molecular flexibility index (Phi) is 6.76. The van der Waals surface area contributed by atoms with Crippen LogP contribution in [-0.2, 0) is 16.6 Å². The van der Waals surface area contributed by atoms with Crippen LogP contribution in [0.4, 0.5) is 5.69 Å². The fraction of sp³-hybridized carbons (Fsp3) is 0.458. The molecular weight excluding hydrogens is 410 g/mol. The van der Waals surface area contributed by atoms with Gasteiger partial charge in [0.25, 0.3) is 5.91 Å². The molecule has 3 rings (SSSR count). The van der Waals surface area contributed by atoms with Gasteiger partial charge in [0.1, 0.15) is 0 Å². The van der Waals surface area contributed by atoms with Crippen molar-refractivity contribution < 1.29 is 13.2 Å². The molecule has 0 radical (unpaired) electrons. The number of benzene rings is 2. The Morgan fingerprint density at radius 3 is 2.39 bits per heavy atom. The molecule has 2 aromatic rings. The molecule has 0 spiro atoms. The second kappa shape index (κ2) is 9.01. The van der Waals surface area contributed by atoms with Crippen LogP contribution >= 0.6 is 0 Å². The van der Waals surface area contributed by atoms with Gasteiger partial charge in [0, 0.05) is 43.5 Å². The van der Waals surface area contributed by atoms with Crippen molar-refractivity contribution in [3.8, 4) is 0 Å². The van der Waals surface area contributed by atoms with E-state index in [0.29, 0.717) is 12.1 Å². The largest absolute Gasteiger partial charge is 0.371 e. The fourth-order valence-electron chi connectivity index (χ4n) is 3.90. The van der Waals surface area contributed by atoms with E-state index in [2.05, 4.69) is 21.8 Å². The lowest BCUT2D eigenvalue weighted by molar-refractivity contribution is 0.0784. The first-order chi connectivity index (χ1) is 14.5. The molecule has 7 heteroatoms. The zero-order valence-electron chi connectivity index (χ0n) is 19.1. The van der Waals surface area contributed by atoms with E-state index in [4.69, 9.17) is 0 Å². The average molecular weight is 444 g/mol. The molecule has 168 valence electrons. The van der Waals surface area contributed by atoms with Crippen LogP contribution in [0.1, 0.15) is 55.1 Å². The van der Waals surface area contributed by atoms with Crippen molar-refractivity contribution in [2.45, 2.75) is 57.5 Å². The maximum absolute atomic E-state index is 13.3. The van der Waals surface area contributed by atoms with Gasteiger partial charge >= 0.3 is 0 Å². The van der Waals surface area contributed by atoms with E-state index in [1.807, 2.05) is 19.1 Å². The first-order valence-corrected chi connectivity index (χ1v) is 12.2. The predicted octanol–water partition coefficient (Wildman–Crippen LogP) is 3.94. The summed E-state index contributed by atoms with van der Waals surface area (Å²) in [5, 5.41) is 0. The number of carbonyl (C=O) groups is 1. The zero-order chi connectivity index (χ0) is 22.8. The summed E-state index contributed by atoms with van der Waals surface area (Å²) in [6.07, 6.45) is 2.37. The van der Waals surface area contributed by atoms with Gasteiger partial charge < -0.3 is 9.80 Å². The zero-order valence-corrected chi connectivity index (χ0v) is 19.9. The second-order valence-corrected chi connectivity index (χ2v) is 11.0.